The van der Waals surface area contributed by atoms with Crippen LogP contribution in [0.4, 0.5) is 0 Å². The van der Waals surface area contributed by atoms with E-state index in [2.05, 4.69) is 36.6 Å². The third-order valence-corrected chi connectivity index (χ3v) is 8.67. The van der Waals surface area contributed by atoms with Crippen LogP contribution in [0.3, 0.4) is 0 Å². The van der Waals surface area contributed by atoms with E-state index < -0.39 is 10.0 Å². The maximum absolute atomic E-state index is 12.2. The predicted molar refractivity (Wildman–Crippen MR) is 81.9 cm³/mol. The van der Waals surface area contributed by atoms with Gasteiger partial charge in [-0.05, 0) is 45.6 Å². The molecule has 7 heteroatoms. The summed E-state index contributed by atoms with van der Waals surface area (Å²) in [5, 5.41) is 2.63. The van der Waals surface area contributed by atoms with Crippen LogP contribution < -0.4 is 4.72 Å². The third-order valence-electron chi connectivity index (χ3n) is 3.41. The first-order chi connectivity index (χ1) is 8.49. The summed E-state index contributed by atoms with van der Waals surface area (Å²) < 4.78 is 28.1. The first-order valence-electron chi connectivity index (χ1n) is 5.78. The summed E-state index contributed by atoms with van der Waals surface area (Å²) in [5.74, 6) is 0. The Bertz CT molecular complexity index is 507. The summed E-state index contributed by atoms with van der Waals surface area (Å²) in [6.45, 7) is 0.519. The quantitative estimate of drug-likeness (QED) is 0.743. The van der Waals surface area contributed by atoms with Crippen LogP contribution in [-0.4, -0.2) is 20.3 Å². The molecular weight excluding hydrogens is 402 g/mol. The molecule has 1 heterocycles. The molecule has 0 atom stereocenters. The molecule has 1 aliphatic carbocycles. The van der Waals surface area contributed by atoms with Crippen molar-refractivity contribution in [2.75, 3.05) is 11.9 Å². The summed E-state index contributed by atoms with van der Waals surface area (Å²) in [6.07, 6.45) is 4.56. The number of nitrogens with one attached hydrogen (secondary N) is 1. The van der Waals surface area contributed by atoms with E-state index in [4.69, 9.17) is 0 Å². The molecule has 102 valence electrons. The lowest BCUT2D eigenvalue weighted by molar-refractivity contribution is 0.348. The molecule has 0 saturated heterocycles. The zero-order valence-corrected chi connectivity index (χ0v) is 14.6. The molecule has 18 heavy (non-hydrogen) atoms. The molecule has 1 N–H and O–H groups in total. The van der Waals surface area contributed by atoms with Gasteiger partial charge in [-0.2, -0.15) is 0 Å². The van der Waals surface area contributed by atoms with Gasteiger partial charge in [0.05, 0.1) is 0 Å². The molecule has 1 saturated carbocycles. The van der Waals surface area contributed by atoms with Gasteiger partial charge < -0.3 is 0 Å². The highest BCUT2D eigenvalue weighted by atomic mass is 79.9. The van der Waals surface area contributed by atoms with Crippen LogP contribution in [0.1, 0.15) is 25.7 Å². The predicted octanol–water partition coefficient (Wildman–Crippen LogP) is 3.74. The topological polar surface area (TPSA) is 46.2 Å². The molecular formula is C11H15Br2NO2S2. The fourth-order valence-corrected chi connectivity index (χ4v) is 6.56. The minimum atomic E-state index is -3.38. The van der Waals surface area contributed by atoms with E-state index in [1.807, 2.05) is 0 Å². The average Bonchev–Trinajstić information content (AvgIpc) is 2.96. The summed E-state index contributed by atoms with van der Waals surface area (Å²) in [5.41, 5.74) is 0.0941. The van der Waals surface area contributed by atoms with Gasteiger partial charge in [0.15, 0.2) is 0 Å². The van der Waals surface area contributed by atoms with Crippen molar-refractivity contribution < 1.29 is 8.42 Å². The normalized spacial score (nSPS) is 19.2. The van der Waals surface area contributed by atoms with Crippen LogP contribution in [0.2, 0.25) is 0 Å². The van der Waals surface area contributed by atoms with Gasteiger partial charge >= 0.3 is 0 Å². The van der Waals surface area contributed by atoms with Crippen molar-refractivity contribution in [3.63, 3.8) is 0 Å². The van der Waals surface area contributed by atoms with Gasteiger partial charge in [0.1, 0.15) is 4.21 Å². The van der Waals surface area contributed by atoms with Crippen molar-refractivity contribution in [3.05, 3.63) is 15.9 Å². The summed E-state index contributed by atoms with van der Waals surface area (Å²) >= 11 is 8.03. The summed E-state index contributed by atoms with van der Waals surface area (Å²) in [6, 6.07) is 1.76. The van der Waals surface area contributed by atoms with E-state index in [0.717, 1.165) is 18.2 Å². The third kappa shape index (κ3) is 3.17. The minimum Gasteiger partial charge on any atom is -0.210 e. The van der Waals surface area contributed by atoms with Crippen molar-refractivity contribution in [1.82, 2.24) is 4.72 Å². The minimum absolute atomic E-state index is 0.0941. The molecule has 0 aliphatic heterocycles. The van der Waals surface area contributed by atoms with E-state index in [0.29, 0.717) is 15.2 Å². The van der Waals surface area contributed by atoms with Crippen LogP contribution in [0.25, 0.3) is 0 Å². The first-order valence-corrected chi connectivity index (χ1v) is 10.1. The van der Waals surface area contributed by atoms with Gasteiger partial charge in [-0.3, -0.25) is 0 Å². The van der Waals surface area contributed by atoms with Gasteiger partial charge in [0.25, 0.3) is 10.0 Å². The Balaban J connectivity index is 2.08. The fourth-order valence-electron chi connectivity index (χ4n) is 2.27. The zero-order valence-electron chi connectivity index (χ0n) is 9.79. The molecule has 1 aromatic rings. The lowest BCUT2D eigenvalue weighted by Gasteiger charge is -2.26. The van der Waals surface area contributed by atoms with Gasteiger partial charge in [-0.15, -0.1) is 11.3 Å². The Hall–Kier alpha value is 0.570. The number of sulfonamides is 1. The van der Waals surface area contributed by atoms with E-state index in [1.165, 1.54) is 24.2 Å². The Morgan fingerprint density at radius 1 is 1.39 bits per heavy atom. The van der Waals surface area contributed by atoms with E-state index in [1.54, 1.807) is 11.4 Å². The van der Waals surface area contributed by atoms with Crippen molar-refractivity contribution in [1.29, 1.82) is 0 Å². The molecule has 3 nitrogen and oxygen atoms in total. The van der Waals surface area contributed by atoms with Gasteiger partial charge in [0, 0.05) is 16.3 Å². The molecule has 0 bridgehead atoms. The maximum Gasteiger partial charge on any atom is 0.251 e. The fraction of sp³-hybridized carbons (Fsp3) is 0.636. The average molecular weight is 417 g/mol. The Kier molecular flexibility index (Phi) is 4.91. The van der Waals surface area contributed by atoms with Crippen molar-refractivity contribution >= 4 is 53.2 Å². The Morgan fingerprint density at radius 3 is 2.56 bits per heavy atom. The SMILES string of the molecule is O=S(=O)(NCC1(CBr)CCCC1)c1sccc1Br. The van der Waals surface area contributed by atoms with Crippen LogP contribution in [-0.2, 0) is 10.0 Å². The highest BCUT2D eigenvalue weighted by molar-refractivity contribution is 9.10. The van der Waals surface area contributed by atoms with Crippen molar-refractivity contribution in [2.45, 2.75) is 29.9 Å². The summed E-state index contributed by atoms with van der Waals surface area (Å²) in [7, 11) is -3.38. The molecule has 0 spiro atoms. The first kappa shape index (κ1) is 15.0. The zero-order chi connectivity index (χ0) is 13.2. The van der Waals surface area contributed by atoms with Crippen LogP contribution in [0.15, 0.2) is 20.1 Å². The molecule has 0 unspecified atom stereocenters. The van der Waals surface area contributed by atoms with Crippen LogP contribution in [0, 0.1) is 5.41 Å². The second-order valence-corrected chi connectivity index (χ2v) is 9.01. The smallest absolute Gasteiger partial charge is 0.210 e. The number of halogens is 2. The lowest BCUT2D eigenvalue weighted by atomic mass is 9.89. The highest BCUT2D eigenvalue weighted by Crippen LogP contribution is 2.39. The Labute approximate surface area is 129 Å². The largest absolute Gasteiger partial charge is 0.251 e. The van der Waals surface area contributed by atoms with Crippen LogP contribution in [0.5, 0.6) is 0 Å². The van der Waals surface area contributed by atoms with Gasteiger partial charge in [-0.25, -0.2) is 13.1 Å². The van der Waals surface area contributed by atoms with Gasteiger partial charge in [-0.1, -0.05) is 28.8 Å². The number of hydrogen-bond acceptors (Lipinski definition) is 3. The molecule has 0 radical (unpaired) electrons. The molecule has 1 aliphatic rings. The number of rotatable bonds is 5. The molecule has 0 amide bonds. The Morgan fingerprint density at radius 2 is 2.06 bits per heavy atom. The second-order valence-electron chi connectivity index (χ2n) is 4.72. The van der Waals surface area contributed by atoms with E-state index in [-0.39, 0.29) is 5.41 Å². The van der Waals surface area contributed by atoms with E-state index >= 15 is 0 Å². The second kappa shape index (κ2) is 5.91. The molecule has 1 aromatic heterocycles. The van der Waals surface area contributed by atoms with Crippen molar-refractivity contribution in [2.24, 2.45) is 5.41 Å². The molecule has 2 rings (SSSR count). The number of thiophene rings is 1. The van der Waals surface area contributed by atoms with Crippen LogP contribution >= 0.6 is 43.2 Å². The molecule has 0 aromatic carbocycles. The maximum atomic E-state index is 12.2. The van der Waals surface area contributed by atoms with Crippen molar-refractivity contribution in [3.8, 4) is 0 Å². The lowest BCUT2D eigenvalue weighted by Crippen LogP contribution is -2.36. The monoisotopic (exact) mass is 415 g/mol. The highest BCUT2D eigenvalue weighted by Gasteiger charge is 2.34. The molecule has 1 fully saturated rings. The van der Waals surface area contributed by atoms with Gasteiger partial charge in [0.2, 0.25) is 0 Å². The van der Waals surface area contributed by atoms with E-state index in [9.17, 15) is 8.42 Å². The standard InChI is InChI=1S/C11H15Br2NO2S2/c12-7-11(4-1-2-5-11)8-14-18(15,16)10-9(13)3-6-17-10/h3,6,14H,1-2,4-5,7-8H2. The summed E-state index contributed by atoms with van der Waals surface area (Å²) in [4.78, 5) is 0. The number of hydrogen-bond donors (Lipinski definition) is 1. The number of alkyl halides is 1.